The Morgan fingerprint density at radius 1 is 1.29 bits per heavy atom. The summed E-state index contributed by atoms with van der Waals surface area (Å²) in [7, 11) is 1.65. The molecule has 1 unspecified atom stereocenters. The molecular weight excluding hydrogens is 302 g/mol. The van der Waals surface area contributed by atoms with Gasteiger partial charge in [0.2, 0.25) is 0 Å². The molecule has 1 fully saturated rings. The number of hydrogen-bond donors (Lipinski definition) is 0. The van der Waals surface area contributed by atoms with E-state index in [4.69, 9.17) is 4.74 Å². The first-order valence-corrected chi connectivity index (χ1v) is 8.66. The van der Waals surface area contributed by atoms with Crippen LogP contribution in [0.4, 0.5) is 0 Å². The second kappa shape index (κ2) is 7.07. The molecule has 1 aromatic carbocycles. The highest BCUT2D eigenvalue weighted by molar-refractivity contribution is 5.92. The lowest BCUT2D eigenvalue weighted by Crippen LogP contribution is -2.43. The Morgan fingerprint density at radius 2 is 2.04 bits per heavy atom. The summed E-state index contributed by atoms with van der Waals surface area (Å²) in [4.78, 5) is 14.9. The van der Waals surface area contributed by atoms with Gasteiger partial charge >= 0.3 is 0 Å². The number of rotatable bonds is 4. The predicted octanol–water partition coefficient (Wildman–Crippen LogP) is 3.59. The van der Waals surface area contributed by atoms with E-state index in [9.17, 15) is 4.79 Å². The minimum Gasteiger partial charge on any atom is -0.497 e. The highest BCUT2D eigenvalue weighted by atomic mass is 16.5. The van der Waals surface area contributed by atoms with Crippen LogP contribution in [0.1, 0.15) is 48.8 Å². The van der Waals surface area contributed by atoms with E-state index in [1.54, 1.807) is 7.11 Å². The van der Waals surface area contributed by atoms with Crippen LogP contribution < -0.4 is 4.74 Å². The van der Waals surface area contributed by atoms with Crippen molar-refractivity contribution in [3.8, 4) is 11.4 Å². The van der Waals surface area contributed by atoms with Gasteiger partial charge in [-0.25, -0.2) is 4.68 Å². The number of carbonyl (C=O) groups excluding carboxylic acids is 1. The third-order valence-electron chi connectivity index (χ3n) is 4.78. The van der Waals surface area contributed by atoms with Gasteiger partial charge in [-0.3, -0.25) is 4.79 Å². The van der Waals surface area contributed by atoms with Gasteiger partial charge in [-0.05, 0) is 62.9 Å². The highest BCUT2D eigenvalue weighted by Crippen LogP contribution is 2.23. The third-order valence-corrected chi connectivity index (χ3v) is 4.78. The van der Waals surface area contributed by atoms with Crippen LogP contribution in [-0.4, -0.2) is 40.3 Å². The summed E-state index contributed by atoms with van der Waals surface area (Å²) in [5.74, 6) is 0.857. The van der Waals surface area contributed by atoms with Crippen molar-refractivity contribution in [1.82, 2.24) is 14.7 Å². The topological polar surface area (TPSA) is 47.4 Å². The maximum absolute atomic E-state index is 12.9. The number of aryl methyl sites for hydroxylation is 1. The Bertz CT molecular complexity index is 706. The molecule has 1 atom stereocenters. The number of aromatic nitrogens is 2. The van der Waals surface area contributed by atoms with Gasteiger partial charge in [-0.2, -0.15) is 5.10 Å². The van der Waals surface area contributed by atoms with Crippen molar-refractivity contribution in [1.29, 1.82) is 0 Å². The molecule has 2 heterocycles. The Kier molecular flexibility index (Phi) is 4.88. The normalized spacial score (nSPS) is 17.8. The fourth-order valence-corrected chi connectivity index (χ4v) is 3.40. The summed E-state index contributed by atoms with van der Waals surface area (Å²) in [6, 6.07) is 9.92. The first kappa shape index (κ1) is 16.6. The van der Waals surface area contributed by atoms with Crippen LogP contribution in [-0.2, 0) is 0 Å². The van der Waals surface area contributed by atoms with E-state index in [-0.39, 0.29) is 5.91 Å². The molecule has 1 aliphatic rings. The predicted molar refractivity (Wildman–Crippen MR) is 93.8 cm³/mol. The summed E-state index contributed by atoms with van der Waals surface area (Å²) in [6.07, 6.45) is 4.40. The highest BCUT2D eigenvalue weighted by Gasteiger charge is 2.28. The Labute approximate surface area is 143 Å². The number of amides is 1. The van der Waals surface area contributed by atoms with Crippen molar-refractivity contribution in [2.75, 3.05) is 13.7 Å². The van der Waals surface area contributed by atoms with Gasteiger partial charge < -0.3 is 9.64 Å². The number of methoxy groups -OCH3 is 1. The molecule has 3 rings (SSSR count). The standard InChI is InChI=1S/C19H25N3O2/c1-4-15-7-5-6-12-21(15)19(23)18-13-14(2)22(20-18)16-8-10-17(24-3)11-9-16/h8-11,13,15H,4-7,12H2,1-3H3. The molecule has 0 aliphatic carbocycles. The van der Waals surface area contributed by atoms with Crippen molar-refractivity contribution in [2.24, 2.45) is 0 Å². The smallest absolute Gasteiger partial charge is 0.274 e. The number of ether oxygens (including phenoxy) is 1. The summed E-state index contributed by atoms with van der Waals surface area (Å²) in [6.45, 7) is 4.96. The molecule has 0 N–H and O–H groups in total. The molecular formula is C19H25N3O2. The van der Waals surface area contributed by atoms with E-state index in [0.29, 0.717) is 11.7 Å². The van der Waals surface area contributed by atoms with E-state index in [0.717, 1.165) is 42.9 Å². The van der Waals surface area contributed by atoms with E-state index >= 15 is 0 Å². The molecule has 0 saturated carbocycles. The lowest BCUT2D eigenvalue weighted by atomic mass is 9.99. The number of piperidine rings is 1. The van der Waals surface area contributed by atoms with Crippen molar-refractivity contribution in [3.63, 3.8) is 0 Å². The van der Waals surface area contributed by atoms with Crippen molar-refractivity contribution >= 4 is 5.91 Å². The molecule has 1 saturated heterocycles. The molecule has 5 nitrogen and oxygen atoms in total. The molecule has 2 aromatic rings. The molecule has 0 bridgehead atoms. The van der Waals surface area contributed by atoms with Gasteiger partial charge in [0, 0.05) is 18.3 Å². The minimum atomic E-state index is 0.0527. The molecule has 5 heteroatoms. The molecule has 0 radical (unpaired) electrons. The molecule has 1 aromatic heterocycles. The van der Waals surface area contributed by atoms with E-state index < -0.39 is 0 Å². The summed E-state index contributed by atoms with van der Waals surface area (Å²) in [5, 5.41) is 4.56. The molecule has 1 amide bonds. The molecule has 0 spiro atoms. The van der Waals surface area contributed by atoms with Crippen LogP contribution in [0.25, 0.3) is 5.69 Å². The summed E-state index contributed by atoms with van der Waals surface area (Å²) >= 11 is 0. The van der Waals surface area contributed by atoms with Crippen LogP contribution in [0.3, 0.4) is 0 Å². The fraction of sp³-hybridized carbons (Fsp3) is 0.474. The van der Waals surface area contributed by atoms with Gasteiger partial charge in [-0.1, -0.05) is 6.92 Å². The Balaban J connectivity index is 1.86. The van der Waals surface area contributed by atoms with Crippen LogP contribution in [0, 0.1) is 6.92 Å². The third kappa shape index (κ3) is 3.16. The monoisotopic (exact) mass is 327 g/mol. The molecule has 1 aliphatic heterocycles. The average molecular weight is 327 g/mol. The van der Waals surface area contributed by atoms with Gasteiger partial charge in [-0.15, -0.1) is 0 Å². The first-order chi connectivity index (χ1) is 11.6. The number of hydrogen-bond acceptors (Lipinski definition) is 3. The van der Waals surface area contributed by atoms with E-state index in [1.165, 1.54) is 6.42 Å². The Morgan fingerprint density at radius 3 is 2.71 bits per heavy atom. The van der Waals surface area contributed by atoms with Crippen molar-refractivity contribution in [3.05, 3.63) is 41.7 Å². The van der Waals surface area contributed by atoms with Crippen molar-refractivity contribution < 1.29 is 9.53 Å². The van der Waals surface area contributed by atoms with Crippen molar-refractivity contribution in [2.45, 2.75) is 45.6 Å². The quantitative estimate of drug-likeness (QED) is 0.862. The summed E-state index contributed by atoms with van der Waals surface area (Å²) in [5.41, 5.74) is 2.41. The second-order valence-electron chi connectivity index (χ2n) is 6.34. The second-order valence-corrected chi connectivity index (χ2v) is 6.34. The SMILES string of the molecule is CCC1CCCCN1C(=O)c1cc(C)n(-c2ccc(OC)cc2)n1. The van der Waals surface area contributed by atoms with Gasteiger partial charge in [0.25, 0.3) is 5.91 Å². The van der Waals surface area contributed by atoms with E-state index in [1.807, 2.05) is 46.8 Å². The lowest BCUT2D eigenvalue weighted by molar-refractivity contribution is 0.0601. The largest absolute Gasteiger partial charge is 0.497 e. The summed E-state index contributed by atoms with van der Waals surface area (Å²) < 4.78 is 7.01. The zero-order valence-corrected chi connectivity index (χ0v) is 14.7. The van der Waals surface area contributed by atoms with Gasteiger partial charge in [0.15, 0.2) is 5.69 Å². The maximum atomic E-state index is 12.9. The Hall–Kier alpha value is -2.30. The van der Waals surface area contributed by atoms with Crippen LogP contribution in [0.5, 0.6) is 5.75 Å². The lowest BCUT2D eigenvalue weighted by Gasteiger charge is -2.34. The average Bonchev–Trinajstić information content (AvgIpc) is 3.03. The van der Waals surface area contributed by atoms with Crippen LogP contribution in [0.15, 0.2) is 30.3 Å². The zero-order chi connectivity index (χ0) is 17.1. The molecule has 128 valence electrons. The maximum Gasteiger partial charge on any atom is 0.274 e. The first-order valence-electron chi connectivity index (χ1n) is 8.66. The fourth-order valence-electron chi connectivity index (χ4n) is 3.40. The van der Waals surface area contributed by atoms with Gasteiger partial charge in [0.1, 0.15) is 5.75 Å². The number of nitrogens with zero attached hydrogens (tertiary/aromatic N) is 3. The number of carbonyl (C=O) groups is 1. The molecule has 24 heavy (non-hydrogen) atoms. The number of benzene rings is 1. The van der Waals surface area contributed by atoms with Crippen LogP contribution >= 0.6 is 0 Å². The van der Waals surface area contributed by atoms with E-state index in [2.05, 4.69) is 12.0 Å². The number of likely N-dealkylation sites (tertiary alicyclic amines) is 1. The minimum absolute atomic E-state index is 0.0527. The van der Waals surface area contributed by atoms with Gasteiger partial charge in [0.05, 0.1) is 12.8 Å². The van der Waals surface area contributed by atoms with Crippen LogP contribution in [0.2, 0.25) is 0 Å². The zero-order valence-electron chi connectivity index (χ0n) is 14.7.